The molecule has 1 aliphatic heterocycles. The van der Waals surface area contributed by atoms with Crippen molar-refractivity contribution in [2.75, 3.05) is 12.0 Å². The van der Waals surface area contributed by atoms with Crippen LogP contribution in [0.3, 0.4) is 0 Å². The number of methoxy groups -OCH3 is 1. The quantitative estimate of drug-likeness (QED) is 0.262. The number of hydrogen-bond donors (Lipinski definition) is 1. The molecule has 0 bridgehead atoms. The summed E-state index contributed by atoms with van der Waals surface area (Å²) in [6.45, 7) is 4.00. The van der Waals surface area contributed by atoms with E-state index >= 15 is 0 Å². The third kappa shape index (κ3) is 5.05. The molecule has 2 N–H and O–H groups in total. The molecule has 2 aliphatic rings. The number of nitriles is 1. The molecule has 214 valence electrons. The lowest BCUT2D eigenvalue weighted by Crippen LogP contribution is -2.39. The average Bonchev–Trinajstić information content (AvgIpc) is 2.97. The maximum Gasteiger partial charge on any atom is 0.296 e. The summed E-state index contributed by atoms with van der Waals surface area (Å²) in [6, 6.07) is 16.3. The van der Waals surface area contributed by atoms with Crippen molar-refractivity contribution >= 4 is 17.2 Å². The van der Waals surface area contributed by atoms with Gasteiger partial charge in [0.25, 0.3) is 5.69 Å². The Kier molecular flexibility index (Phi) is 7.68. The van der Waals surface area contributed by atoms with Crippen molar-refractivity contribution in [3.63, 3.8) is 0 Å². The zero-order chi connectivity index (χ0) is 30.1. The number of nitro benzene ring substituents is 1. The number of aryl methyl sites for hydroxylation is 1. The maximum atomic E-state index is 13.6. The van der Waals surface area contributed by atoms with E-state index in [-0.39, 0.29) is 47.4 Å². The number of ketones is 1. The predicted octanol–water partition coefficient (Wildman–Crippen LogP) is 6.24. The van der Waals surface area contributed by atoms with E-state index in [4.69, 9.17) is 15.2 Å². The standard InChI is InChI=1S/C32H29FN4O5/c1-18-13-20(17-42-22-9-7-21(33)8-10-22)19(2)24(14-18)30-25(16-34)32(35)36(27-5-4-6-29(38)31(27)30)26-12-11-23(41-3)15-28(26)37(39)40/h7-15,30H,4-6,17,35H2,1-3H3. The number of rotatable bonds is 7. The zero-order valence-corrected chi connectivity index (χ0v) is 23.4. The first-order valence-electron chi connectivity index (χ1n) is 13.4. The molecule has 0 saturated carbocycles. The number of nitrogens with two attached hydrogens (primary N) is 1. The molecule has 42 heavy (non-hydrogen) atoms. The van der Waals surface area contributed by atoms with Crippen LogP contribution in [0.2, 0.25) is 0 Å². The molecule has 0 amide bonds. The van der Waals surface area contributed by atoms with Crippen molar-refractivity contribution in [2.45, 2.75) is 45.6 Å². The van der Waals surface area contributed by atoms with Crippen LogP contribution in [-0.2, 0) is 11.4 Å². The molecule has 0 saturated heterocycles. The van der Waals surface area contributed by atoms with Crippen molar-refractivity contribution in [2.24, 2.45) is 5.73 Å². The first-order chi connectivity index (χ1) is 20.1. The van der Waals surface area contributed by atoms with Gasteiger partial charge in [-0.2, -0.15) is 5.26 Å². The Bertz CT molecular complexity index is 1700. The van der Waals surface area contributed by atoms with Gasteiger partial charge in [0.15, 0.2) is 5.78 Å². The highest BCUT2D eigenvalue weighted by Gasteiger charge is 2.42. The molecule has 3 aromatic carbocycles. The molecule has 1 atom stereocenters. The number of nitro groups is 1. The summed E-state index contributed by atoms with van der Waals surface area (Å²) in [5.74, 6) is -0.416. The van der Waals surface area contributed by atoms with E-state index in [2.05, 4.69) is 6.07 Å². The summed E-state index contributed by atoms with van der Waals surface area (Å²) in [5.41, 5.74) is 11.0. The van der Waals surface area contributed by atoms with Crippen molar-refractivity contribution in [3.8, 4) is 17.6 Å². The smallest absolute Gasteiger partial charge is 0.296 e. The number of carbonyl (C=O) groups is 1. The Morgan fingerprint density at radius 3 is 2.50 bits per heavy atom. The Labute approximate surface area is 242 Å². The van der Waals surface area contributed by atoms with Gasteiger partial charge in [0.05, 0.1) is 35.7 Å². The molecule has 3 aromatic rings. The van der Waals surface area contributed by atoms with Gasteiger partial charge in [0, 0.05) is 17.7 Å². The van der Waals surface area contributed by atoms with Gasteiger partial charge in [0.2, 0.25) is 0 Å². The van der Waals surface area contributed by atoms with Gasteiger partial charge in [-0.3, -0.25) is 19.8 Å². The van der Waals surface area contributed by atoms with Gasteiger partial charge < -0.3 is 15.2 Å². The molecule has 1 heterocycles. The van der Waals surface area contributed by atoms with Gasteiger partial charge in [0.1, 0.15) is 35.4 Å². The Hall–Kier alpha value is -5.17. The fraction of sp³-hybridized carbons (Fsp3) is 0.250. The first-order valence-corrected chi connectivity index (χ1v) is 13.4. The van der Waals surface area contributed by atoms with Gasteiger partial charge in [-0.1, -0.05) is 17.7 Å². The van der Waals surface area contributed by atoms with Crippen LogP contribution in [0.1, 0.15) is 47.4 Å². The van der Waals surface area contributed by atoms with Crippen molar-refractivity contribution < 1.29 is 23.6 Å². The Morgan fingerprint density at radius 1 is 1.12 bits per heavy atom. The summed E-state index contributed by atoms with van der Waals surface area (Å²) in [4.78, 5) is 26.7. The monoisotopic (exact) mass is 568 g/mol. The number of Topliss-reactive ketones (excluding diaryl/α,β-unsaturated/α-hetero) is 1. The molecule has 1 aliphatic carbocycles. The third-order valence-electron chi connectivity index (χ3n) is 7.75. The number of nitrogens with zero attached hydrogens (tertiary/aromatic N) is 3. The molecule has 10 heteroatoms. The molecular formula is C32H29FN4O5. The van der Waals surface area contributed by atoms with Gasteiger partial charge in [-0.15, -0.1) is 0 Å². The van der Waals surface area contributed by atoms with Crippen LogP contribution in [0.25, 0.3) is 0 Å². The van der Waals surface area contributed by atoms with E-state index in [0.29, 0.717) is 35.6 Å². The largest absolute Gasteiger partial charge is 0.496 e. The van der Waals surface area contributed by atoms with E-state index < -0.39 is 10.8 Å². The second kappa shape index (κ2) is 11.4. The highest BCUT2D eigenvalue weighted by Crippen LogP contribution is 2.49. The lowest BCUT2D eigenvalue weighted by Gasteiger charge is -2.40. The average molecular weight is 569 g/mol. The molecule has 9 nitrogen and oxygen atoms in total. The van der Waals surface area contributed by atoms with E-state index in [1.54, 1.807) is 18.2 Å². The van der Waals surface area contributed by atoms with Gasteiger partial charge in [-0.25, -0.2) is 4.39 Å². The first kappa shape index (κ1) is 28.4. The fourth-order valence-corrected chi connectivity index (χ4v) is 5.74. The van der Waals surface area contributed by atoms with Crippen LogP contribution in [0.4, 0.5) is 15.8 Å². The number of ether oxygens (including phenoxy) is 2. The van der Waals surface area contributed by atoms with Gasteiger partial charge in [-0.05, 0) is 79.8 Å². The van der Waals surface area contributed by atoms with Crippen molar-refractivity contribution in [1.29, 1.82) is 5.26 Å². The summed E-state index contributed by atoms with van der Waals surface area (Å²) >= 11 is 0. The van der Waals surface area contributed by atoms with E-state index in [1.807, 2.05) is 26.0 Å². The summed E-state index contributed by atoms with van der Waals surface area (Å²) < 4.78 is 24.5. The lowest BCUT2D eigenvalue weighted by molar-refractivity contribution is -0.384. The topological polar surface area (TPSA) is 132 Å². The van der Waals surface area contributed by atoms with Crippen LogP contribution < -0.4 is 20.1 Å². The van der Waals surface area contributed by atoms with Crippen LogP contribution in [0.5, 0.6) is 11.5 Å². The third-order valence-corrected chi connectivity index (χ3v) is 7.75. The van der Waals surface area contributed by atoms with Gasteiger partial charge >= 0.3 is 0 Å². The minimum absolute atomic E-state index is 0.0363. The van der Waals surface area contributed by atoms with Crippen LogP contribution in [-0.4, -0.2) is 17.8 Å². The molecule has 0 radical (unpaired) electrons. The highest BCUT2D eigenvalue weighted by atomic mass is 19.1. The number of carbonyl (C=O) groups excluding carboxylic acids is 1. The minimum Gasteiger partial charge on any atom is -0.496 e. The number of halogens is 1. The van der Waals surface area contributed by atoms with Crippen LogP contribution >= 0.6 is 0 Å². The summed E-state index contributed by atoms with van der Waals surface area (Å²) in [6.07, 6.45) is 1.28. The Morgan fingerprint density at radius 2 is 1.83 bits per heavy atom. The molecule has 1 unspecified atom stereocenters. The molecule has 0 fully saturated rings. The predicted molar refractivity (Wildman–Crippen MR) is 154 cm³/mol. The summed E-state index contributed by atoms with van der Waals surface area (Å²) in [5, 5.41) is 22.5. The lowest BCUT2D eigenvalue weighted by atomic mass is 9.73. The minimum atomic E-state index is -0.754. The van der Waals surface area contributed by atoms with E-state index in [9.17, 15) is 24.6 Å². The maximum absolute atomic E-state index is 13.6. The fourth-order valence-electron chi connectivity index (χ4n) is 5.74. The van der Waals surface area contributed by atoms with Crippen molar-refractivity contribution in [1.82, 2.24) is 0 Å². The normalized spacial score (nSPS) is 16.7. The molecule has 0 spiro atoms. The zero-order valence-electron chi connectivity index (χ0n) is 23.4. The molecule has 0 aromatic heterocycles. The van der Waals surface area contributed by atoms with E-state index in [1.165, 1.54) is 36.3 Å². The number of hydrogen-bond acceptors (Lipinski definition) is 8. The van der Waals surface area contributed by atoms with Crippen LogP contribution in [0.15, 0.2) is 77.3 Å². The Balaban J connectivity index is 1.66. The van der Waals surface area contributed by atoms with E-state index in [0.717, 1.165) is 22.3 Å². The van der Waals surface area contributed by atoms with Crippen molar-refractivity contribution in [3.05, 3.63) is 115 Å². The van der Waals surface area contributed by atoms with Crippen LogP contribution in [0, 0.1) is 41.1 Å². The second-order valence-corrected chi connectivity index (χ2v) is 10.3. The molecule has 5 rings (SSSR count). The molecular weight excluding hydrogens is 539 g/mol. The number of allylic oxidation sites excluding steroid dienone is 3. The highest BCUT2D eigenvalue weighted by molar-refractivity contribution is 6.01. The number of benzene rings is 3. The summed E-state index contributed by atoms with van der Waals surface area (Å²) in [7, 11) is 1.41. The SMILES string of the molecule is COc1ccc(N2C(N)=C(C#N)C(c3cc(C)cc(COc4ccc(F)cc4)c3C)C3=C2CCCC3=O)c([N+](=O)[O-])c1. The number of anilines is 1. The second-order valence-electron chi connectivity index (χ2n) is 10.3.